The number of carbonyl (C=O) groups is 2. The summed E-state index contributed by atoms with van der Waals surface area (Å²) in [6.07, 6.45) is 3.59. The second kappa shape index (κ2) is 11.4. The van der Waals surface area contributed by atoms with Gasteiger partial charge in [0.15, 0.2) is 13.2 Å². The summed E-state index contributed by atoms with van der Waals surface area (Å²) in [5.74, 6) is 0.726. The summed E-state index contributed by atoms with van der Waals surface area (Å²) in [5, 5.41) is 7.30. The number of hydrogen-bond acceptors (Lipinski definition) is 4. The SMILES string of the molecule is Cc1cc(OCC(=O)N[C@H]2CCCC[C@@H]2NC(=O)COc2ccc(Cl)c(C)c2)ccc1Cl. The summed E-state index contributed by atoms with van der Waals surface area (Å²) in [6.45, 7) is 3.55. The predicted molar refractivity (Wildman–Crippen MR) is 126 cm³/mol. The van der Waals surface area contributed by atoms with E-state index in [9.17, 15) is 9.59 Å². The van der Waals surface area contributed by atoms with Gasteiger partial charge in [-0.25, -0.2) is 0 Å². The van der Waals surface area contributed by atoms with E-state index in [1.807, 2.05) is 13.8 Å². The zero-order valence-corrected chi connectivity index (χ0v) is 19.8. The van der Waals surface area contributed by atoms with Gasteiger partial charge < -0.3 is 20.1 Å². The number of rotatable bonds is 8. The van der Waals surface area contributed by atoms with Crippen LogP contribution in [0.1, 0.15) is 36.8 Å². The van der Waals surface area contributed by atoms with Gasteiger partial charge in [-0.2, -0.15) is 0 Å². The van der Waals surface area contributed by atoms with E-state index in [2.05, 4.69) is 10.6 Å². The second-order valence-electron chi connectivity index (χ2n) is 8.03. The maximum absolute atomic E-state index is 12.4. The first-order valence-corrected chi connectivity index (χ1v) is 11.4. The molecule has 0 unspecified atom stereocenters. The fourth-order valence-electron chi connectivity index (χ4n) is 3.68. The van der Waals surface area contributed by atoms with Gasteiger partial charge in [0.25, 0.3) is 11.8 Å². The molecule has 2 amide bonds. The summed E-state index contributed by atoms with van der Waals surface area (Å²) in [6, 6.07) is 10.2. The Kier molecular flexibility index (Phi) is 8.65. The predicted octanol–water partition coefficient (Wildman–Crippen LogP) is 4.61. The molecule has 6 nitrogen and oxygen atoms in total. The highest BCUT2D eigenvalue weighted by atomic mass is 35.5. The van der Waals surface area contributed by atoms with Gasteiger partial charge in [0, 0.05) is 22.1 Å². The van der Waals surface area contributed by atoms with Crippen LogP contribution >= 0.6 is 23.2 Å². The largest absolute Gasteiger partial charge is 0.484 e. The molecular weight excluding hydrogens is 451 g/mol. The van der Waals surface area contributed by atoms with E-state index in [1.54, 1.807) is 36.4 Å². The fraction of sp³-hybridized carbons (Fsp3) is 0.417. The summed E-state index contributed by atoms with van der Waals surface area (Å²) in [7, 11) is 0. The minimum atomic E-state index is -0.225. The molecule has 3 rings (SSSR count). The molecule has 1 fully saturated rings. The summed E-state index contributed by atoms with van der Waals surface area (Å²) < 4.78 is 11.2. The molecule has 2 aromatic carbocycles. The van der Waals surface area contributed by atoms with E-state index in [1.165, 1.54) is 0 Å². The third-order valence-corrected chi connectivity index (χ3v) is 6.31. The second-order valence-corrected chi connectivity index (χ2v) is 8.85. The molecule has 1 saturated carbocycles. The van der Waals surface area contributed by atoms with Gasteiger partial charge in [0.2, 0.25) is 0 Å². The molecule has 1 aliphatic rings. The molecule has 2 N–H and O–H groups in total. The number of carbonyl (C=O) groups excluding carboxylic acids is 2. The molecule has 32 heavy (non-hydrogen) atoms. The molecular formula is C24H28Cl2N2O4. The molecule has 172 valence electrons. The van der Waals surface area contributed by atoms with Crippen LogP contribution in [0.15, 0.2) is 36.4 Å². The number of hydrogen-bond donors (Lipinski definition) is 2. The Morgan fingerprint density at radius 3 is 1.59 bits per heavy atom. The fourth-order valence-corrected chi connectivity index (χ4v) is 3.92. The van der Waals surface area contributed by atoms with Crippen LogP contribution < -0.4 is 20.1 Å². The van der Waals surface area contributed by atoms with Gasteiger partial charge in [0.05, 0.1) is 0 Å². The Hall–Kier alpha value is -2.44. The first-order chi connectivity index (χ1) is 15.3. The standard InChI is InChI=1S/C24H28Cl2N2O4/c1-15-11-17(7-9-19(15)25)31-13-23(29)27-21-5-3-4-6-22(21)28-24(30)14-32-18-8-10-20(26)16(2)12-18/h7-12,21-22H,3-6,13-14H2,1-2H3,(H,27,29)(H,28,30)/t21-,22-/m0/s1. The zero-order valence-electron chi connectivity index (χ0n) is 18.3. The van der Waals surface area contributed by atoms with Crippen LogP contribution in [0.25, 0.3) is 0 Å². The van der Waals surface area contributed by atoms with Crippen molar-refractivity contribution in [2.75, 3.05) is 13.2 Å². The number of benzene rings is 2. The van der Waals surface area contributed by atoms with Crippen LogP contribution in [-0.4, -0.2) is 37.1 Å². The highest BCUT2D eigenvalue weighted by Crippen LogP contribution is 2.22. The van der Waals surface area contributed by atoms with E-state index in [4.69, 9.17) is 32.7 Å². The summed E-state index contributed by atoms with van der Waals surface area (Å²) in [5.41, 5.74) is 1.77. The van der Waals surface area contributed by atoms with Crippen molar-refractivity contribution in [3.05, 3.63) is 57.6 Å². The average molecular weight is 479 g/mol. The van der Waals surface area contributed by atoms with E-state index in [0.29, 0.717) is 21.5 Å². The van der Waals surface area contributed by atoms with Gasteiger partial charge in [-0.05, 0) is 74.2 Å². The van der Waals surface area contributed by atoms with Crippen LogP contribution in [0.2, 0.25) is 10.0 Å². The van der Waals surface area contributed by atoms with Crippen molar-refractivity contribution < 1.29 is 19.1 Å². The van der Waals surface area contributed by atoms with Crippen molar-refractivity contribution in [1.29, 1.82) is 0 Å². The van der Waals surface area contributed by atoms with E-state index in [-0.39, 0.29) is 37.1 Å². The lowest BCUT2D eigenvalue weighted by atomic mass is 9.90. The van der Waals surface area contributed by atoms with E-state index in [0.717, 1.165) is 36.8 Å². The van der Waals surface area contributed by atoms with Gasteiger partial charge in [-0.15, -0.1) is 0 Å². The maximum Gasteiger partial charge on any atom is 0.258 e. The number of amides is 2. The molecule has 0 heterocycles. The monoisotopic (exact) mass is 478 g/mol. The third-order valence-electron chi connectivity index (χ3n) is 5.46. The van der Waals surface area contributed by atoms with E-state index < -0.39 is 0 Å². The average Bonchev–Trinajstić information content (AvgIpc) is 2.77. The summed E-state index contributed by atoms with van der Waals surface area (Å²) in [4.78, 5) is 24.9. The Labute approximate surface area is 198 Å². The molecule has 0 radical (unpaired) electrons. The molecule has 2 aromatic rings. The third kappa shape index (κ3) is 7.04. The van der Waals surface area contributed by atoms with Crippen molar-refractivity contribution in [2.24, 2.45) is 0 Å². The van der Waals surface area contributed by atoms with Crippen molar-refractivity contribution in [3.63, 3.8) is 0 Å². The number of nitrogens with one attached hydrogen (secondary N) is 2. The lowest BCUT2D eigenvalue weighted by molar-refractivity contribution is -0.127. The lowest BCUT2D eigenvalue weighted by Gasteiger charge is -2.32. The Bertz CT molecular complexity index is 890. The van der Waals surface area contributed by atoms with Gasteiger partial charge >= 0.3 is 0 Å². The molecule has 2 atom stereocenters. The molecule has 0 spiro atoms. The Morgan fingerprint density at radius 1 is 0.812 bits per heavy atom. The number of halogens is 2. The minimum Gasteiger partial charge on any atom is -0.484 e. The minimum absolute atomic E-state index is 0.0999. The highest BCUT2D eigenvalue weighted by molar-refractivity contribution is 6.31. The quantitative estimate of drug-likeness (QED) is 0.580. The molecule has 0 saturated heterocycles. The Morgan fingerprint density at radius 2 is 1.22 bits per heavy atom. The first-order valence-electron chi connectivity index (χ1n) is 10.7. The van der Waals surface area contributed by atoms with Crippen molar-refractivity contribution in [2.45, 2.75) is 51.6 Å². The van der Waals surface area contributed by atoms with Crippen molar-refractivity contribution in [1.82, 2.24) is 10.6 Å². The maximum atomic E-state index is 12.4. The van der Waals surface area contributed by atoms with Crippen LogP contribution in [0.4, 0.5) is 0 Å². The van der Waals surface area contributed by atoms with Crippen LogP contribution in [0, 0.1) is 13.8 Å². The van der Waals surface area contributed by atoms with Gasteiger partial charge in [-0.1, -0.05) is 36.0 Å². The zero-order chi connectivity index (χ0) is 23.1. The molecule has 0 bridgehead atoms. The van der Waals surface area contributed by atoms with Crippen molar-refractivity contribution >= 4 is 35.0 Å². The van der Waals surface area contributed by atoms with Crippen LogP contribution in [0.5, 0.6) is 11.5 Å². The van der Waals surface area contributed by atoms with Crippen LogP contribution in [-0.2, 0) is 9.59 Å². The topological polar surface area (TPSA) is 76.7 Å². The van der Waals surface area contributed by atoms with Crippen molar-refractivity contribution in [3.8, 4) is 11.5 Å². The Balaban J connectivity index is 1.47. The molecule has 0 aromatic heterocycles. The summed E-state index contributed by atoms with van der Waals surface area (Å²) >= 11 is 12.0. The normalized spacial score (nSPS) is 18.0. The molecule has 0 aliphatic heterocycles. The number of aryl methyl sites for hydroxylation is 2. The lowest BCUT2D eigenvalue weighted by Crippen LogP contribution is -2.54. The molecule has 1 aliphatic carbocycles. The van der Waals surface area contributed by atoms with Gasteiger partial charge in [0.1, 0.15) is 11.5 Å². The number of ether oxygens (including phenoxy) is 2. The molecule has 8 heteroatoms. The highest BCUT2D eigenvalue weighted by Gasteiger charge is 2.28. The van der Waals surface area contributed by atoms with Gasteiger partial charge in [-0.3, -0.25) is 9.59 Å². The van der Waals surface area contributed by atoms with Crippen LogP contribution in [0.3, 0.4) is 0 Å². The smallest absolute Gasteiger partial charge is 0.258 e. The first kappa shape index (κ1) is 24.2. The van der Waals surface area contributed by atoms with E-state index >= 15 is 0 Å².